The molecule has 0 aliphatic rings. The second-order valence-corrected chi connectivity index (χ2v) is 7.46. The van der Waals surface area contributed by atoms with Crippen LogP contribution in [0.15, 0.2) is 39.1 Å². The Labute approximate surface area is 121 Å². The minimum absolute atomic E-state index is 0.0407. The molecule has 0 spiro atoms. The second-order valence-electron chi connectivity index (χ2n) is 3.49. The number of carbonyl (C=O) groups excluding carboxylic acids is 1. The van der Waals surface area contributed by atoms with E-state index < -0.39 is 10.0 Å². The summed E-state index contributed by atoms with van der Waals surface area (Å²) < 4.78 is 22.9. The summed E-state index contributed by atoms with van der Waals surface area (Å²) in [4.78, 5) is 15.8. The van der Waals surface area contributed by atoms with Crippen molar-refractivity contribution in [1.82, 2.24) is 4.98 Å². The van der Waals surface area contributed by atoms with Gasteiger partial charge in [0.05, 0.1) is 14.9 Å². The molecule has 9 heteroatoms. The molecule has 3 N–H and O–H groups in total. The molecule has 1 amide bonds. The first kappa shape index (κ1) is 14.1. The fourth-order valence-electron chi connectivity index (χ4n) is 1.28. The number of amides is 1. The number of hydrogen-bond acceptors (Lipinski definition) is 5. The highest BCUT2D eigenvalue weighted by Gasteiger charge is 2.11. The maximum absolute atomic E-state index is 11.8. The highest BCUT2D eigenvalue weighted by molar-refractivity contribution is 9.11. The van der Waals surface area contributed by atoms with Crippen LogP contribution in [0.2, 0.25) is 0 Å². The zero-order valence-electron chi connectivity index (χ0n) is 9.33. The molecule has 1 aromatic carbocycles. The van der Waals surface area contributed by atoms with Gasteiger partial charge in [-0.2, -0.15) is 0 Å². The summed E-state index contributed by atoms with van der Waals surface area (Å²) >= 11 is 4.51. The highest BCUT2D eigenvalue weighted by Crippen LogP contribution is 2.23. The van der Waals surface area contributed by atoms with Crippen LogP contribution in [0.4, 0.5) is 5.13 Å². The van der Waals surface area contributed by atoms with E-state index in [0.717, 1.165) is 3.79 Å². The average Bonchev–Trinajstić information content (AvgIpc) is 2.74. The van der Waals surface area contributed by atoms with Gasteiger partial charge in [-0.1, -0.05) is 11.3 Å². The van der Waals surface area contributed by atoms with Gasteiger partial charge in [-0.15, -0.1) is 0 Å². The van der Waals surface area contributed by atoms with Gasteiger partial charge >= 0.3 is 0 Å². The predicted octanol–water partition coefficient (Wildman–Crippen LogP) is 1.81. The Hall–Kier alpha value is -1.29. The number of benzene rings is 1. The van der Waals surface area contributed by atoms with Crippen LogP contribution in [0.1, 0.15) is 10.4 Å². The van der Waals surface area contributed by atoms with Crippen molar-refractivity contribution in [3.63, 3.8) is 0 Å². The van der Waals surface area contributed by atoms with E-state index in [4.69, 9.17) is 5.14 Å². The minimum atomic E-state index is -3.75. The topological polar surface area (TPSA) is 102 Å². The van der Waals surface area contributed by atoms with Gasteiger partial charge < -0.3 is 0 Å². The first-order chi connectivity index (χ1) is 8.86. The zero-order chi connectivity index (χ0) is 14.0. The number of anilines is 1. The lowest BCUT2D eigenvalue weighted by molar-refractivity contribution is 0.102. The van der Waals surface area contributed by atoms with E-state index in [1.165, 1.54) is 35.6 Å². The molecule has 0 aliphatic carbocycles. The third-order valence-electron chi connectivity index (χ3n) is 2.14. The van der Waals surface area contributed by atoms with Crippen molar-refractivity contribution < 1.29 is 13.2 Å². The van der Waals surface area contributed by atoms with Crippen molar-refractivity contribution in [1.29, 1.82) is 0 Å². The molecule has 100 valence electrons. The smallest absolute Gasteiger partial charge is 0.257 e. The standard InChI is InChI=1S/C10H8BrN3O3S2/c11-8-5-13-10(18-8)14-9(15)6-1-3-7(4-2-6)19(12,16)17/h1-5H,(H2,12,16,17)(H,13,14,15). The lowest BCUT2D eigenvalue weighted by Crippen LogP contribution is -2.14. The second kappa shape index (κ2) is 5.37. The van der Waals surface area contributed by atoms with Crippen molar-refractivity contribution in [3.8, 4) is 0 Å². The summed E-state index contributed by atoms with van der Waals surface area (Å²) in [6.07, 6.45) is 1.57. The van der Waals surface area contributed by atoms with E-state index in [-0.39, 0.29) is 10.8 Å². The lowest BCUT2D eigenvalue weighted by Gasteiger charge is -2.02. The van der Waals surface area contributed by atoms with Gasteiger partial charge in [-0.3, -0.25) is 10.1 Å². The minimum Gasteiger partial charge on any atom is -0.298 e. The molecule has 0 saturated heterocycles. The Morgan fingerprint density at radius 1 is 1.32 bits per heavy atom. The van der Waals surface area contributed by atoms with Crippen LogP contribution in [0.25, 0.3) is 0 Å². The maximum Gasteiger partial charge on any atom is 0.257 e. The van der Waals surface area contributed by atoms with Gasteiger partial charge in [0, 0.05) is 5.56 Å². The summed E-state index contributed by atoms with van der Waals surface area (Å²) in [5.74, 6) is -0.372. The lowest BCUT2D eigenvalue weighted by atomic mass is 10.2. The molecule has 0 bridgehead atoms. The molecular weight excluding hydrogens is 354 g/mol. The average molecular weight is 362 g/mol. The summed E-state index contributed by atoms with van der Waals surface area (Å²) in [5.41, 5.74) is 0.318. The number of nitrogens with zero attached hydrogens (tertiary/aromatic N) is 1. The fraction of sp³-hybridized carbons (Fsp3) is 0. The molecule has 2 rings (SSSR count). The summed E-state index contributed by atoms with van der Waals surface area (Å²) in [7, 11) is -3.75. The van der Waals surface area contributed by atoms with Crippen molar-refractivity contribution in [2.45, 2.75) is 4.90 Å². The van der Waals surface area contributed by atoms with Gasteiger partial charge in [-0.25, -0.2) is 18.5 Å². The Bertz CT molecular complexity index is 710. The van der Waals surface area contributed by atoms with Crippen LogP contribution in [-0.4, -0.2) is 19.3 Å². The Balaban J connectivity index is 2.16. The molecule has 0 saturated carbocycles. The molecule has 19 heavy (non-hydrogen) atoms. The van der Waals surface area contributed by atoms with Gasteiger partial charge in [0.1, 0.15) is 0 Å². The van der Waals surface area contributed by atoms with E-state index >= 15 is 0 Å². The molecule has 0 aliphatic heterocycles. The molecule has 0 fully saturated rings. The Kier molecular flexibility index (Phi) is 3.99. The monoisotopic (exact) mass is 361 g/mol. The first-order valence-corrected chi connectivity index (χ1v) is 8.07. The van der Waals surface area contributed by atoms with E-state index in [2.05, 4.69) is 26.2 Å². The highest BCUT2D eigenvalue weighted by atomic mass is 79.9. The van der Waals surface area contributed by atoms with E-state index in [0.29, 0.717) is 10.7 Å². The number of hydrogen-bond donors (Lipinski definition) is 2. The molecule has 0 atom stereocenters. The number of thiazole rings is 1. The molecule has 1 heterocycles. The molecule has 0 radical (unpaired) electrons. The SMILES string of the molecule is NS(=O)(=O)c1ccc(C(=O)Nc2ncc(Br)s2)cc1. The van der Waals surface area contributed by atoms with E-state index in [1.54, 1.807) is 6.20 Å². The first-order valence-electron chi connectivity index (χ1n) is 4.92. The normalized spacial score (nSPS) is 11.3. The number of halogens is 1. The van der Waals surface area contributed by atoms with Crippen molar-refractivity contribution in [2.24, 2.45) is 5.14 Å². The zero-order valence-corrected chi connectivity index (χ0v) is 12.5. The third kappa shape index (κ3) is 3.60. The number of nitrogens with two attached hydrogens (primary N) is 1. The molecular formula is C10H8BrN3O3S2. The van der Waals surface area contributed by atoms with Gasteiger partial charge in [0.2, 0.25) is 10.0 Å². The van der Waals surface area contributed by atoms with Gasteiger partial charge in [0.15, 0.2) is 5.13 Å². The number of carbonyl (C=O) groups is 1. The number of nitrogens with one attached hydrogen (secondary N) is 1. The number of aromatic nitrogens is 1. The predicted molar refractivity (Wildman–Crippen MR) is 75.6 cm³/mol. The van der Waals surface area contributed by atoms with Crippen LogP contribution in [-0.2, 0) is 10.0 Å². The quantitative estimate of drug-likeness (QED) is 0.869. The number of primary sulfonamides is 1. The third-order valence-corrected chi connectivity index (χ3v) is 4.46. The van der Waals surface area contributed by atoms with E-state index in [9.17, 15) is 13.2 Å². The largest absolute Gasteiger partial charge is 0.298 e. The summed E-state index contributed by atoms with van der Waals surface area (Å²) in [6.45, 7) is 0. The van der Waals surface area contributed by atoms with Crippen LogP contribution < -0.4 is 10.5 Å². The maximum atomic E-state index is 11.8. The van der Waals surface area contributed by atoms with E-state index in [1.807, 2.05) is 0 Å². The van der Waals surface area contributed by atoms with Crippen molar-refractivity contribution in [3.05, 3.63) is 39.8 Å². The van der Waals surface area contributed by atoms with Gasteiger partial charge in [0.25, 0.3) is 5.91 Å². The molecule has 2 aromatic rings. The van der Waals surface area contributed by atoms with Crippen LogP contribution in [0.3, 0.4) is 0 Å². The summed E-state index contributed by atoms with van der Waals surface area (Å²) in [5, 5.41) is 8.01. The summed E-state index contributed by atoms with van der Waals surface area (Å²) in [6, 6.07) is 5.33. The molecule has 1 aromatic heterocycles. The van der Waals surface area contributed by atoms with Gasteiger partial charge in [-0.05, 0) is 40.2 Å². The fourth-order valence-corrected chi connectivity index (χ4v) is 2.89. The van der Waals surface area contributed by atoms with Crippen LogP contribution >= 0.6 is 27.3 Å². The number of rotatable bonds is 3. The molecule has 6 nitrogen and oxygen atoms in total. The Morgan fingerprint density at radius 2 is 1.95 bits per heavy atom. The van der Waals surface area contributed by atoms with Crippen molar-refractivity contribution >= 4 is 48.3 Å². The van der Waals surface area contributed by atoms with Crippen LogP contribution in [0.5, 0.6) is 0 Å². The van der Waals surface area contributed by atoms with Crippen molar-refractivity contribution in [2.75, 3.05) is 5.32 Å². The Morgan fingerprint density at radius 3 is 2.42 bits per heavy atom. The molecule has 0 unspecified atom stereocenters. The van der Waals surface area contributed by atoms with Crippen LogP contribution in [0, 0.1) is 0 Å². The number of sulfonamides is 1.